The Labute approximate surface area is 64.1 Å². The molecular formula is C4H13N2OPSe. The average Bonchev–Trinajstić information content (AvgIpc) is 1.65. The van der Waals surface area contributed by atoms with Gasteiger partial charge < -0.3 is 0 Å². The zero-order valence-corrected chi connectivity index (χ0v) is 8.80. The van der Waals surface area contributed by atoms with E-state index in [0.29, 0.717) is 0 Å². The summed E-state index contributed by atoms with van der Waals surface area (Å²) in [6, 6.07) is -2.04. The molecule has 0 radical (unpaired) electrons. The summed E-state index contributed by atoms with van der Waals surface area (Å²) in [7, 11) is 7.41. The fraction of sp³-hybridized carbons (Fsp3) is 1.00. The Morgan fingerprint density at radius 2 is 1.33 bits per heavy atom. The van der Waals surface area contributed by atoms with Crippen molar-refractivity contribution in [3.05, 3.63) is 0 Å². The van der Waals surface area contributed by atoms with E-state index in [4.69, 9.17) is 0 Å². The van der Waals surface area contributed by atoms with Crippen LogP contribution in [0.4, 0.5) is 0 Å². The average molecular weight is 215 g/mol. The first kappa shape index (κ1) is 9.83. The van der Waals surface area contributed by atoms with Crippen LogP contribution in [-0.4, -0.2) is 57.5 Å². The summed E-state index contributed by atoms with van der Waals surface area (Å²) < 4.78 is 3.60. The van der Waals surface area contributed by atoms with Crippen LogP contribution in [-0.2, 0) is 0 Å². The van der Waals surface area contributed by atoms with Gasteiger partial charge in [0.15, 0.2) is 0 Å². The number of hydrogen-bond donors (Lipinski definition) is 1. The third kappa shape index (κ3) is 2.50. The van der Waals surface area contributed by atoms with Crippen LogP contribution in [0.25, 0.3) is 0 Å². The molecular weight excluding hydrogens is 202 g/mol. The Balaban J connectivity index is 4.21. The van der Waals surface area contributed by atoms with E-state index in [9.17, 15) is 4.89 Å². The van der Waals surface area contributed by atoms with Crippen LogP contribution in [0, 0.1) is 0 Å². The second-order valence-electron chi connectivity index (χ2n) is 2.21. The number of rotatable bonds is 2. The predicted octanol–water partition coefficient (Wildman–Crippen LogP) is -0.0520. The SMILES string of the molecule is CN(C)P(O)(=[Se])N(C)C. The van der Waals surface area contributed by atoms with Crippen molar-refractivity contribution in [3.63, 3.8) is 0 Å². The van der Waals surface area contributed by atoms with Crippen LogP contribution in [0.2, 0.25) is 0 Å². The van der Waals surface area contributed by atoms with Crippen molar-refractivity contribution in [3.8, 4) is 0 Å². The van der Waals surface area contributed by atoms with Crippen LogP contribution in [0.15, 0.2) is 0 Å². The Hall–Kier alpha value is 0.829. The van der Waals surface area contributed by atoms with E-state index in [0.717, 1.165) is 0 Å². The monoisotopic (exact) mass is 216 g/mol. The van der Waals surface area contributed by atoms with Crippen molar-refractivity contribution in [2.45, 2.75) is 0 Å². The molecule has 0 aromatic carbocycles. The summed E-state index contributed by atoms with van der Waals surface area (Å²) in [4.78, 5) is 9.58. The van der Waals surface area contributed by atoms with Gasteiger partial charge in [-0.3, -0.25) is 0 Å². The van der Waals surface area contributed by atoms with E-state index in [1.165, 1.54) is 0 Å². The van der Waals surface area contributed by atoms with Gasteiger partial charge in [-0.2, -0.15) is 0 Å². The van der Waals surface area contributed by atoms with E-state index in [1.54, 1.807) is 9.34 Å². The Kier molecular flexibility index (Phi) is 3.59. The van der Waals surface area contributed by atoms with Gasteiger partial charge in [-0.1, -0.05) is 0 Å². The van der Waals surface area contributed by atoms with E-state index in [1.807, 2.05) is 28.2 Å². The van der Waals surface area contributed by atoms with Gasteiger partial charge in [0.2, 0.25) is 0 Å². The fourth-order valence-corrected chi connectivity index (χ4v) is 1.07. The quantitative estimate of drug-likeness (QED) is 0.516. The molecule has 0 amide bonds. The minimum absolute atomic E-state index is 1.80. The first-order chi connectivity index (χ1) is 3.89. The van der Waals surface area contributed by atoms with Gasteiger partial charge in [-0.15, -0.1) is 0 Å². The Morgan fingerprint density at radius 3 is 1.33 bits per heavy atom. The zero-order valence-electron chi connectivity index (χ0n) is 6.20. The summed E-state index contributed by atoms with van der Waals surface area (Å²) in [5.41, 5.74) is 0. The molecule has 0 fully saturated rings. The van der Waals surface area contributed by atoms with E-state index < -0.39 is 6.04 Å². The summed E-state index contributed by atoms with van der Waals surface area (Å²) in [6.45, 7) is 0. The summed E-state index contributed by atoms with van der Waals surface area (Å²) in [6.07, 6.45) is 0. The molecule has 0 aromatic rings. The van der Waals surface area contributed by atoms with Gasteiger partial charge in [-0.05, 0) is 0 Å². The first-order valence-electron chi connectivity index (χ1n) is 2.57. The molecule has 0 spiro atoms. The van der Waals surface area contributed by atoms with Crippen LogP contribution < -0.4 is 0 Å². The molecule has 0 aliphatic heterocycles. The zero-order chi connectivity index (χ0) is 7.65. The molecule has 0 aromatic heterocycles. The van der Waals surface area contributed by atoms with Gasteiger partial charge >= 0.3 is 63.6 Å². The van der Waals surface area contributed by atoms with Crippen molar-refractivity contribution in [1.82, 2.24) is 9.34 Å². The number of hydrogen-bond acceptors (Lipinski definition) is 3. The van der Waals surface area contributed by atoms with Gasteiger partial charge in [-0.25, -0.2) is 0 Å². The van der Waals surface area contributed by atoms with Crippen molar-refractivity contribution < 1.29 is 4.89 Å². The van der Waals surface area contributed by atoms with Crippen molar-refractivity contribution in [2.24, 2.45) is 0 Å². The molecule has 3 nitrogen and oxygen atoms in total. The normalized spacial score (nSPS) is 13.2. The Morgan fingerprint density at radius 1 is 1.11 bits per heavy atom. The third-order valence-corrected chi connectivity index (χ3v) is 7.24. The molecule has 0 unspecified atom stereocenters. The van der Waals surface area contributed by atoms with Gasteiger partial charge in [0.1, 0.15) is 0 Å². The van der Waals surface area contributed by atoms with Gasteiger partial charge in [0, 0.05) is 0 Å². The molecule has 0 aliphatic rings. The number of nitrogens with zero attached hydrogens (tertiary/aromatic N) is 2. The second kappa shape index (κ2) is 3.29. The van der Waals surface area contributed by atoms with Crippen LogP contribution >= 0.6 is 6.04 Å². The van der Waals surface area contributed by atoms with Crippen LogP contribution in [0.5, 0.6) is 0 Å². The molecule has 0 aliphatic carbocycles. The third-order valence-electron chi connectivity index (χ3n) is 1.04. The topological polar surface area (TPSA) is 26.7 Å². The Bertz CT molecular complexity index is 125. The van der Waals surface area contributed by atoms with Gasteiger partial charge in [0.25, 0.3) is 0 Å². The maximum absolute atomic E-state index is 9.58. The maximum atomic E-state index is 9.58. The molecule has 0 saturated carbocycles. The molecule has 0 atom stereocenters. The van der Waals surface area contributed by atoms with Crippen molar-refractivity contribution in [2.75, 3.05) is 28.2 Å². The fourth-order valence-electron chi connectivity index (χ4n) is 0.358. The molecule has 5 heteroatoms. The summed E-state index contributed by atoms with van der Waals surface area (Å²) >= 11 is 2.77. The van der Waals surface area contributed by atoms with Crippen LogP contribution in [0.3, 0.4) is 0 Å². The van der Waals surface area contributed by atoms with Gasteiger partial charge in [0.05, 0.1) is 0 Å². The molecule has 0 rings (SSSR count). The standard InChI is InChI=1S/C4H13N2OPSe/c1-5(2)8(7,9)6(3)4/h1-4H3,(H,7,9). The van der Waals surface area contributed by atoms with E-state index >= 15 is 0 Å². The van der Waals surface area contributed by atoms with E-state index in [-0.39, 0.29) is 0 Å². The van der Waals surface area contributed by atoms with Crippen LogP contribution in [0.1, 0.15) is 0 Å². The van der Waals surface area contributed by atoms with Crippen molar-refractivity contribution in [1.29, 1.82) is 0 Å². The molecule has 0 heterocycles. The molecule has 1 N–H and O–H groups in total. The van der Waals surface area contributed by atoms with E-state index in [2.05, 4.69) is 15.1 Å². The second-order valence-corrected chi connectivity index (χ2v) is 7.92. The molecule has 0 bridgehead atoms. The molecule has 0 saturated heterocycles. The minimum atomic E-state index is -2.04. The predicted molar refractivity (Wildman–Crippen MR) is 42.3 cm³/mol. The van der Waals surface area contributed by atoms with Crippen molar-refractivity contribution >= 4 is 21.1 Å². The summed E-state index contributed by atoms with van der Waals surface area (Å²) in [5.74, 6) is 0. The molecule has 9 heavy (non-hydrogen) atoms. The first-order valence-corrected chi connectivity index (χ1v) is 6.43. The molecule has 56 valence electrons. The summed E-state index contributed by atoms with van der Waals surface area (Å²) in [5, 5.41) is 0.